The first-order valence-electron chi connectivity index (χ1n) is 4.33. The maximum absolute atomic E-state index is 11.9. The molecular weight excluding hydrogens is 180 g/mol. The molecule has 1 aliphatic heterocycles. The molecule has 0 amide bonds. The smallest absolute Gasteiger partial charge is 0.307 e. The zero-order chi connectivity index (χ0) is 9.59. The van der Waals surface area contributed by atoms with Crippen LogP contribution in [0.2, 0.25) is 0 Å². The highest BCUT2D eigenvalue weighted by Crippen LogP contribution is 2.51. The van der Waals surface area contributed by atoms with Crippen molar-refractivity contribution in [1.29, 1.82) is 0 Å². The van der Waals surface area contributed by atoms with E-state index in [4.69, 9.17) is 5.11 Å². The van der Waals surface area contributed by atoms with Crippen molar-refractivity contribution >= 4 is 5.97 Å². The van der Waals surface area contributed by atoms with Crippen molar-refractivity contribution in [3.05, 3.63) is 0 Å². The Morgan fingerprint density at radius 3 is 2.38 bits per heavy atom. The quantitative estimate of drug-likeness (QED) is 0.706. The van der Waals surface area contributed by atoms with Gasteiger partial charge in [-0.2, -0.15) is 0 Å². The van der Waals surface area contributed by atoms with Gasteiger partial charge in [-0.3, -0.25) is 9.69 Å². The van der Waals surface area contributed by atoms with E-state index in [0.717, 1.165) is 0 Å². The average Bonchev–Trinajstić information content (AvgIpc) is 2.49. The zero-order valence-corrected chi connectivity index (χ0v) is 6.99. The van der Waals surface area contributed by atoms with Crippen LogP contribution in [0.15, 0.2) is 0 Å². The van der Waals surface area contributed by atoms with Crippen molar-refractivity contribution in [2.45, 2.75) is 6.43 Å². The molecule has 1 saturated heterocycles. The van der Waals surface area contributed by atoms with Gasteiger partial charge in [0, 0.05) is 13.1 Å². The van der Waals surface area contributed by atoms with E-state index in [1.54, 1.807) is 4.90 Å². The van der Waals surface area contributed by atoms with Crippen molar-refractivity contribution < 1.29 is 18.7 Å². The lowest BCUT2D eigenvalue weighted by atomic mass is 10.2. The van der Waals surface area contributed by atoms with E-state index >= 15 is 0 Å². The number of hydrogen-bond acceptors (Lipinski definition) is 2. The number of carbonyl (C=O) groups is 1. The van der Waals surface area contributed by atoms with E-state index in [1.807, 2.05) is 0 Å². The lowest BCUT2D eigenvalue weighted by Gasteiger charge is -2.17. The molecule has 5 heteroatoms. The SMILES string of the molecule is O=C(O)C1[C@H]2CN(CC(F)F)C[C@H]12. The number of aliphatic carboxylic acids is 1. The Morgan fingerprint density at radius 2 is 2.00 bits per heavy atom. The van der Waals surface area contributed by atoms with Gasteiger partial charge in [-0.05, 0) is 11.8 Å². The second-order valence-corrected chi connectivity index (χ2v) is 3.80. The monoisotopic (exact) mass is 191 g/mol. The van der Waals surface area contributed by atoms with Gasteiger partial charge in [-0.1, -0.05) is 0 Å². The molecule has 2 aliphatic rings. The second kappa shape index (κ2) is 2.90. The highest BCUT2D eigenvalue weighted by molar-refractivity contribution is 5.74. The molecule has 0 aromatic heterocycles. The van der Waals surface area contributed by atoms with Gasteiger partial charge in [0.2, 0.25) is 0 Å². The molecule has 1 heterocycles. The number of halogens is 2. The van der Waals surface area contributed by atoms with E-state index in [1.165, 1.54) is 0 Å². The maximum Gasteiger partial charge on any atom is 0.307 e. The highest BCUT2D eigenvalue weighted by Gasteiger charge is 2.59. The molecule has 13 heavy (non-hydrogen) atoms. The van der Waals surface area contributed by atoms with Gasteiger partial charge in [-0.15, -0.1) is 0 Å². The van der Waals surface area contributed by atoms with Crippen LogP contribution in [0.4, 0.5) is 8.78 Å². The van der Waals surface area contributed by atoms with Gasteiger partial charge in [0.15, 0.2) is 0 Å². The predicted molar refractivity (Wildman–Crippen MR) is 40.5 cm³/mol. The van der Waals surface area contributed by atoms with Crippen LogP contribution in [0.1, 0.15) is 0 Å². The minimum Gasteiger partial charge on any atom is -0.481 e. The van der Waals surface area contributed by atoms with Crippen LogP contribution in [-0.4, -0.2) is 42.0 Å². The number of carboxylic acids is 1. The normalized spacial score (nSPS) is 37.9. The average molecular weight is 191 g/mol. The van der Waals surface area contributed by atoms with Crippen LogP contribution >= 0.6 is 0 Å². The summed E-state index contributed by atoms with van der Waals surface area (Å²) in [7, 11) is 0. The number of likely N-dealkylation sites (tertiary alicyclic amines) is 1. The molecule has 0 aromatic carbocycles. The van der Waals surface area contributed by atoms with Crippen molar-refractivity contribution in [1.82, 2.24) is 4.90 Å². The lowest BCUT2D eigenvalue weighted by Crippen LogP contribution is -2.30. The topological polar surface area (TPSA) is 40.5 Å². The Balaban J connectivity index is 1.80. The molecule has 1 N–H and O–H groups in total. The fraction of sp³-hybridized carbons (Fsp3) is 0.875. The minimum absolute atomic E-state index is 0.135. The summed E-state index contributed by atoms with van der Waals surface area (Å²) in [6.07, 6.45) is -2.30. The molecule has 0 spiro atoms. The summed E-state index contributed by atoms with van der Waals surface area (Å²) in [5, 5.41) is 8.66. The van der Waals surface area contributed by atoms with Gasteiger partial charge in [0.05, 0.1) is 12.5 Å². The van der Waals surface area contributed by atoms with E-state index in [2.05, 4.69) is 0 Å². The molecule has 2 fully saturated rings. The third-order valence-electron chi connectivity index (χ3n) is 2.95. The molecule has 0 aromatic rings. The number of hydrogen-bond donors (Lipinski definition) is 1. The molecule has 0 bridgehead atoms. The predicted octanol–water partition coefficient (Wildman–Crippen LogP) is 0.514. The Kier molecular flexibility index (Phi) is 1.98. The van der Waals surface area contributed by atoms with E-state index in [-0.39, 0.29) is 24.3 Å². The fourth-order valence-electron chi connectivity index (χ4n) is 2.32. The lowest BCUT2D eigenvalue weighted by molar-refractivity contribution is -0.139. The molecule has 0 radical (unpaired) electrons. The van der Waals surface area contributed by atoms with Gasteiger partial charge in [0.1, 0.15) is 0 Å². The Morgan fingerprint density at radius 1 is 1.46 bits per heavy atom. The van der Waals surface area contributed by atoms with Crippen LogP contribution in [0, 0.1) is 17.8 Å². The van der Waals surface area contributed by atoms with Crippen molar-refractivity contribution in [2.75, 3.05) is 19.6 Å². The Hall–Kier alpha value is -0.710. The number of alkyl halides is 2. The van der Waals surface area contributed by atoms with Gasteiger partial charge in [0.25, 0.3) is 6.43 Å². The molecule has 2 rings (SSSR count). The van der Waals surface area contributed by atoms with Crippen LogP contribution < -0.4 is 0 Å². The third kappa shape index (κ3) is 1.52. The summed E-state index contributed by atoms with van der Waals surface area (Å²) in [5.41, 5.74) is 0. The summed E-state index contributed by atoms with van der Waals surface area (Å²) in [6, 6.07) is 0. The molecular formula is C8H11F2NO2. The summed E-state index contributed by atoms with van der Waals surface area (Å²) < 4.78 is 23.9. The molecule has 74 valence electrons. The van der Waals surface area contributed by atoms with E-state index in [0.29, 0.717) is 13.1 Å². The van der Waals surface area contributed by atoms with Crippen molar-refractivity contribution in [3.63, 3.8) is 0 Å². The van der Waals surface area contributed by atoms with Crippen molar-refractivity contribution in [3.8, 4) is 0 Å². The van der Waals surface area contributed by atoms with Crippen molar-refractivity contribution in [2.24, 2.45) is 17.8 Å². The number of piperidine rings is 1. The molecule has 1 aliphatic carbocycles. The summed E-state index contributed by atoms with van der Waals surface area (Å²) in [4.78, 5) is 12.2. The standard InChI is InChI=1S/C8H11F2NO2/c9-6(10)3-11-1-4-5(2-11)7(4)8(12)13/h4-7H,1-3H2,(H,12,13)/t4-,5-/m0/s1. The molecule has 1 saturated carbocycles. The molecule has 0 unspecified atom stereocenters. The fourth-order valence-corrected chi connectivity index (χ4v) is 2.32. The van der Waals surface area contributed by atoms with Gasteiger partial charge < -0.3 is 5.11 Å². The minimum atomic E-state index is -2.30. The van der Waals surface area contributed by atoms with Crippen LogP contribution in [0.5, 0.6) is 0 Å². The Bertz CT molecular complexity index is 222. The number of nitrogens with zero attached hydrogens (tertiary/aromatic N) is 1. The van der Waals surface area contributed by atoms with Crippen LogP contribution in [-0.2, 0) is 4.79 Å². The van der Waals surface area contributed by atoms with Gasteiger partial charge >= 0.3 is 5.97 Å². The molecule has 2 atom stereocenters. The van der Waals surface area contributed by atoms with Crippen LogP contribution in [0.3, 0.4) is 0 Å². The molecule has 3 nitrogen and oxygen atoms in total. The van der Waals surface area contributed by atoms with E-state index < -0.39 is 12.4 Å². The summed E-state index contributed by atoms with van der Waals surface area (Å²) in [6.45, 7) is 0.858. The zero-order valence-electron chi connectivity index (χ0n) is 6.99. The van der Waals surface area contributed by atoms with E-state index in [9.17, 15) is 13.6 Å². The first-order chi connectivity index (χ1) is 6.09. The highest BCUT2D eigenvalue weighted by atomic mass is 19.3. The first-order valence-corrected chi connectivity index (χ1v) is 4.33. The summed E-state index contributed by atoms with van der Waals surface area (Å²) in [5.74, 6) is -0.756. The number of rotatable bonds is 3. The number of fused-ring (bicyclic) bond motifs is 1. The number of carboxylic acid groups (broad SMARTS) is 1. The largest absolute Gasteiger partial charge is 0.481 e. The summed E-state index contributed by atoms with van der Waals surface area (Å²) >= 11 is 0. The first kappa shape index (κ1) is 8.87. The van der Waals surface area contributed by atoms with Crippen LogP contribution in [0.25, 0.3) is 0 Å². The second-order valence-electron chi connectivity index (χ2n) is 3.80. The Labute approximate surface area is 74.3 Å². The maximum atomic E-state index is 11.9. The van der Waals surface area contributed by atoms with Gasteiger partial charge in [-0.25, -0.2) is 8.78 Å². The third-order valence-corrected chi connectivity index (χ3v) is 2.95.